The zero-order valence-electron chi connectivity index (χ0n) is 11.5. The maximum atomic E-state index is 12.2. The van der Waals surface area contributed by atoms with Crippen LogP contribution in [0.25, 0.3) is 10.2 Å². The Kier molecular flexibility index (Phi) is 3.88. The lowest BCUT2D eigenvalue weighted by Crippen LogP contribution is -2.40. The van der Waals surface area contributed by atoms with E-state index < -0.39 is 12.0 Å². The molecule has 3 rings (SSSR count). The molecule has 1 aliphatic rings. The third-order valence-corrected chi connectivity index (χ3v) is 4.85. The van der Waals surface area contributed by atoms with Crippen molar-refractivity contribution in [2.75, 3.05) is 6.54 Å². The Hall–Kier alpha value is -1.95. The molecule has 1 atom stereocenters. The summed E-state index contributed by atoms with van der Waals surface area (Å²) in [6.07, 6.45) is 2.22. The fourth-order valence-electron chi connectivity index (χ4n) is 2.71. The first kappa shape index (κ1) is 14.0. The molecule has 1 N–H and O–H groups in total. The average Bonchev–Trinajstić information content (AvgIpc) is 3.10. The summed E-state index contributed by atoms with van der Waals surface area (Å²) in [7, 11) is 0. The van der Waals surface area contributed by atoms with E-state index in [0.717, 1.165) is 21.6 Å². The molecule has 2 heterocycles. The second-order valence-electron chi connectivity index (χ2n) is 5.16. The van der Waals surface area contributed by atoms with Crippen LogP contribution in [0.15, 0.2) is 24.3 Å². The number of aryl methyl sites for hydroxylation is 1. The second-order valence-corrected chi connectivity index (χ2v) is 6.27. The lowest BCUT2D eigenvalue weighted by Gasteiger charge is -2.21. The van der Waals surface area contributed by atoms with Crippen LogP contribution in [0.1, 0.15) is 24.3 Å². The Morgan fingerprint density at radius 2 is 2.19 bits per heavy atom. The topological polar surface area (TPSA) is 70.5 Å². The van der Waals surface area contributed by atoms with Crippen molar-refractivity contribution in [3.63, 3.8) is 0 Å². The third kappa shape index (κ3) is 2.90. The first-order valence-corrected chi connectivity index (χ1v) is 7.83. The van der Waals surface area contributed by atoms with Crippen molar-refractivity contribution >= 4 is 33.4 Å². The fraction of sp³-hybridized carbons (Fsp3) is 0.400. The third-order valence-electron chi connectivity index (χ3n) is 3.75. The number of hydrogen-bond acceptors (Lipinski definition) is 4. The highest BCUT2D eigenvalue weighted by Gasteiger charge is 2.33. The molecule has 1 saturated heterocycles. The zero-order chi connectivity index (χ0) is 14.8. The number of likely N-dealkylation sites (tertiary alicyclic amines) is 1. The highest BCUT2D eigenvalue weighted by molar-refractivity contribution is 7.18. The molecular formula is C15H16N2O3S. The number of rotatable bonds is 4. The van der Waals surface area contributed by atoms with E-state index in [1.54, 1.807) is 11.3 Å². The Balaban J connectivity index is 1.64. The van der Waals surface area contributed by atoms with Gasteiger partial charge in [0, 0.05) is 19.4 Å². The summed E-state index contributed by atoms with van der Waals surface area (Å²) < 4.78 is 1.12. The lowest BCUT2D eigenvalue weighted by molar-refractivity contribution is -0.148. The minimum absolute atomic E-state index is 0.0841. The number of thiazole rings is 1. The first-order valence-electron chi connectivity index (χ1n) is 7.02. The van der Waals surface area contributed by atoms with Gasteiger partial charge in [0.05, 0.1) is 15.2 Å². The molecule has 1 aliphatic heterocycles. The van der Waals surface area contributed by atoms with Crippen LogP contribution >= 0.6 is 11.3 Å². The molecule has 1 aromatic heterocycles. The molecule has 2 aromatic rings. The van der Waals surface area contributed by atoms with E-state index in [0.29, 0.717) is 25.8 Å². The van der Waals surface area contributed by atoms with Crippen molar-refractivity contribution in [2.45, 2.75) is 31.7 Å². The van der Waals surface area contributed by atoms with Crippen molar-refractivity contribution in [2.24, 2.45) is 0 Å². The highest BCUT2D eigenvalue weighted by Crippen LogP contribution is 2.24. The first-order chi connectivity index (χ1) is 10.1. The van der Waals surface area contributed by atoms with Crippen molar-refractivity contribution in [3.05, 3.63) is 29.3 Å². The molecule has 5 nitrogen and oxygen atoms in total. The molecule has 0 spiro atoms. The van der Waals surface area contributed by atoms with Gasteiger partial charge in [0.2, 0.25) is 5.91 Å². The monoisotopic (exact) mass is 304 g/mol. The molecule has 6 heteroatoms. The Bertz CT molecular complexity index is 649. The molecule has 21 heavy (non-hydrogen) atoms. The summed E-state index contributed by atoms with van der Waals surface area (Å²) in [6, 6.07) is 7.24. The maximum Gasteiger partial charge on any atom is 0.326 e. The molecular weight excluding hydrogens is 288 g/mol. The number of aromatic nitrogens is 1. The van der Waals surface area contributed by atoms with Gasteiger partial charge in [0.1, 0.15) is 6.04 Å². The summed E-state index contributed by atoms with van der Waals surface area (Å²) in [4.78, 5) is 29.3. The fourth-order valence-corrected chi connectivity index (χ4v) is 3.67. The molecule has 1 amide bonds. The smallest absolute Gasteiger partial charge is 0.326 e. The van der Waals surface area contributed by atoms with Crippen LogP contribution in [0.5, 0.6) is 0 Å². The summed E-state index contributed by atoms with van der Waals surface area (Å²) in [5.41, 5.74) is 0.953. The number of nitrogens with zero attached hydrogens (tertiary/aromatic N) is 2. The number of carbonyl (C=O) groups is 2. The molecule has 0 bridgehead atoms. The van der Waals surface area contributed by atoms with Gasteiger partial charge in [-0.25, -0.2) is 9.78 Å². The minimum atomic E-state index is -0.902. The standard InChI is InChI=1S/C15H16N2O3S/c18-14(17-9-3-5-11(17)15(19)20)8-7-13-16-10-4-1-2-6-12(10)21-13/h1-2,4,6,11H,3,5,7-9H2,(H,19,20)/t11-/m0/s1. The molecule has 1 fully saturated rings. The summed E-state index contributed by atoms with van der Waals surface area (Å²) >= 11 is 1.59. The highest BCUT2D eigenvalue weighted by atomic mass is 32.1. The van der Waals surface area contributed by atoms with Crippen molar-refractivity contribution in [1.82, 2.24) is 9.88 Å². The van der Waals surface area contributed by atoms with Gasteiger partial charge < -0.3 is 10.0 Å². The van der Waals surface area contributed by atoms with E-state index in [9.17, 15) is 9.59 Å². The molecule has 1 aromatic carbocycles. The van der Waals surface area contributed by atoms with Crippen LogP contribution in [-0.2, 0) is 16.0 Å². The van der Waals surface area contributed by atoms with Crippen LogP contribution in [0.2, 0.25) is 0 Å². The van der Waals surface area contributed by atoms with E-state index in [1.807, 2.05) is 24.3 Å². The van der Waals surface area contributed by atoms with Gasteiger partial charge in [-0.15, -0.1) is 11.3 Å². The van der Waals surface area contributed by atoms with Crippen molar-refractivity contribution in [3.8, 4) is 0 Å². The van der Waals surface area contributed by atoms with E-state index in [2.05, 4.69) is 4.98 Å². The van der Waals surface area contributed by atoms with E-state index >= 15 is 0 Å². The average molecular weight is 304 g/mol. The van der Waals surface area contributed by atoms with Crippen LogP contribution < -0.4 is 0 Å². The van der Waals surface area contributed by atoms with Gasteiger partial charge in [-0.1, -0.05) is 12.1 Å². The number of para-hydroxylation sites is 1. The summed E-state index contributed by atoms with van der Waals surface area (Å²) in [5, 5.41) is 10.0. The number of carbonyl (C=O) groups excluding carboxylic acids is 1. The number of benzene rings is 1. The number of fused-ring (bicyclic) bond motifs is 1. The summed E-state index contributed by atoms with van der Waals surface area (Å²) in [6.45, 7) is 0.551. The quantitative estimate of drug-likeness (QED) is 0.941. The van der Waals surface area contributed by atoms with E-state index in [-0.39, 0.29) is 5.91 Å². The largest absolute Gasteiger partial charge is 0.480 e. The molecule has 0 unspecified atom stereocenters. The Labute approximate surface area is 126 Å². The van der Waals surface area contributed by atoms with E-state index in [1.165, 1.54) is 4.90 Å². The van der Waals surface area contributed by atoms with Gasteiger partial charge in [-0.05, 0) is 25.0 Å². The number of aliphatic carboxylic acids is 1. The molecule has 0 saturated carbocycles. The van der Waals surface area contributed by atoms with Gasteiger partial charge in [0.25, 0.3) is 0 Å². The zero-order valence-corrected chi connectivity index (χ0v) is 12.3. The second kappa shape index (κ2) is 5.81. The van der Waals surface area contributed by atoms with Crippen LogP contribution in [0, 0.1) is 0 Å². The van der Waals surface area contributed by atoms with Gasteiger partial charge in [-0.2, -0.15) is 0 Å². The lowest BCUT2D eigenvalue weighted by atomic mass is 10.2. The Morgan fingerprint density at radius 3 is 2.95 bits per heavy atom. The van der Waals surface area contributed by atoms with Gasteiger partial charge in [-0.3, -0.25) is 4.79 Å². The van der Waals surface area contributed by atoms with Gasteiger partial charge in [0.15, 0.2) is 0 Å². The normalized spacial score (nSPS) is 18.3. The SMILES string of the molecule is O=C(O)[C@@H]1CCCN1C(=O)CCc1nc2ccccc2s1. The van der Waals surface area contributed by atoms with Crippen molar-refractivity contribution < 1.29 is 14.7 Å². The maximum absolute atomic E-state index is 12.2. The molecule has 0 aliphatic carbocycles. The molecule has 0 radical (unpaired) electrons. The predicted molar refractivity (Wildman–Crippen MR) is 80.3 cm³/mol. The number of amides is 1. The van der Waals surface area contributed by atoms with Crippen LogP contribution in [0.4, 0.5) is 0 Å². The van der Waals surface area contributed by atoms with Crippen LogP contribution in [-0.4, -0.2) is 39.5 Å². The van der Waals surface area contributed by atoms with Crippen LogP contribution in [0.3, 0.4) is 0 Å². The number of carboxylic acids is 1. The van der Waals surface area contributed by atoms with Gasteiger partial charge >= 0.3 is 5.97 Å². The molecule has 110 valence electrons. The number of hydrogen-bond donors (Lipinski definition) is 1. The van der Waals surface area contributed by atoms with Crippen molar-refractivity contribution in [1.29, 1.82) is 0 Å². The predicted octanol–water partition coefficient (Wildman–Crippen LogP) is 2.30. The number of carboxylic acid groups (broad SMARTS) is 1. The van der Waals surface area contributed by atoms with E-state index in [4.69, 9.17) is 5.11 Å². The Morgan fingerprint density at radius 1 is 1.38 bits per heavy atom. The minimum Gasteiger partial charge on any atom is -0.480 e. The summed E-state index contributed by atoms with van der Waals surface area (Å²) in [5.74, 6) is -0.986.